The third-order valence-corrected chi connectivity index (χ3v) is 4.52. The fourth-order valence-corrected chi connectivity index (χ4v) is 2.95. The molecule has 1 aromatic heterocycles. The predicted molar refractivity (Wildman–Crippen MR) is 116 cm³/mol. The van der Waals surface area contributed by atoms with E-state index in [-0.39, 0.29) is 17.7 Å². The van der Waals surface area contributed by atoms with Gasteiger partial charge in [-0.1, -0.05) is 32.0 Å². The third kappa shape index (κ3) is 5.26. The molecule has 1 atom stereocenters. The molecule has 2 aromatic carbocycles. The molecule has 0 aliphatic rings. The Balaban J connectivity index is 1.66. The number of benzene rings is 2. The molecule has 0 saturated carbocycles. The SMILES string of the molecule is CCOc1ccc(C(=O)NC(C(=O)Nc2ccn(-c3ccccc3)n2)C(C)C)cc1. The number of rotatable bonds is 8. The molecule has 0 radical (unpaired) electrons. The zero-order valence-electron chi connectivity index (χ0n) is 17.3. The lowest BCUT2D eigenvalue weighted by atomic mass is 10.0. The summed E-state index contributed by atoms with van der Waals surface area (Å²) in [5, 5.41) is 9.99. The van der Waals surface area contributed by atoms with Gasteiger partial charge in [-0.3, -0.25) is 9.59 Å². The first-order valence-electron chi connectivity index (χ1n) is 9.93. The molecular weight excluding hydrogens is 380 g/mol. The van der Waals surface area contributed by atoms with Crippen molar-refractivity contribution in [2.45, 2.75) is 26.8 Å². The van der Waals surface area contributed by atoms with Gasteiger partial charge >= 0.3 is 0 Å². The van der Waals surface area contributed by atoms with Crippen LogP contribution in [0.4, 0.5) is 5.82 Å². The Morgan fingerprint density at radius 3 is 2.37 bits per heavy atom. The van der Waals surface area contributed by atoms with E-state index in [0.717, 1.165) is 5.69 Å². The van der Waals surface area contributed by atoms with E-state index in [9.17, 15) is 9.59 Å². The second-order valence-corrected chi connectivity index (χ2v) is 7.12. The second-order valence-electron chi connectivity index (χ2n) is 7.12. The molecule has 0 bridgehead atoms. The van der Waals surface area contributed by atoms with Crippen molar-refractivity contribution in [1.82, 2.24) is 15.1 Å². The number of nitrogens with zero attached hydrogens (tertiary/aromatic N) is 2. The van der Waals surface area contributed by atoms with E-state index in [1.807, 2.05) is 51.1 Å². The summed E-state index contributed by atoms with van der Waals surface area (Å²) in [6.45, 7) is 6.22. The van der Waals surface area contributed by atoms with E-state index in [2.05, 4.69) is 15.7 Å². The fraction of sp³-hybridized carbons (Fsp3) is 0.261. The number of nitrogens with one attached hydrogen (secondary N) is 2. The maximum absolute atomic E-state index is 12.8. The number of hydrogen-bond acceptors (Lipinski definition) is 4. The Bertz CT molecular complexity index is 981. The number of carbonyl (C=O) groups is 2. The number of ether oxygens (including phenoxy) is 1. The van der Waals surface area contributed by atoms with Crippen molar-refractivity contribution >= 4 is 17.6 Å². The summed E-state index contributed by atoms with van der Waals surface area (Å²) in [5.74, 6) is 0.378. The number of amides is 2. The molecule has 0 spiro atoms. The van der Waals surface area contributed by atoms with Crippen LogP contribution in [0.15, 0.2) is 66.9 Å². The average Bonchev–Trinajstić information content (AvgIpc) is 3.21. The average molecular weight is 406 g/mol. The highest BCUT2D eigenvalue weighted by Crippen LogP contribution is 2.14. The normalized spacial score (nSPS) is 11.7. The van der Waals surface area contributed by atoms with Gasteiger partial charge in [-0.2, -0.15) is 5.10 Å². The van der Waals surface area contributed by atoms with Gasteiger partial charge in [0.15, 0.2) is 5.82 Å². The first-order chi connectivity index (χ1) is 14.5. The van der Waals surface area contributed by atoms with Gasteiger partial charge in [-0.25, -0.2) is 4.68 Å². The smallest absolute Gasteiger partial charge is 0.251 e. The lowest BCUT2D eigenvalue weighted by Crippen LogP contribution is -2.47. The molecule has 0 aliphatic heterocycles. The molecule has 3 aromatic rings. The van der Waals surface area contributed by atoms with Crippen molar-refractivity contribution in [3.05, 3.63) is 72.4 Å². The molecule has 2 N–H and O–H groups in total. The van der Waals surface area contributed by atoms with Crippen LogP contribution in [-0.2, 0) is 4.79 Å². The minimum Gasteiger partial charge on any atom is -0.494 e. The Hall–Kier alpha value is -3.61. The summed E-state index contributed by atoms with van der Waals surface area (Å²) < 4.78 is 7.07. The minimum absolute atomic E-state index is 0.104. The van der Waals surface area contributed by atoms with E-state index < -0.39 is 6.04 Å². The molecule has 7 nitrogen and oxygen atoms in total. The molecule has 0 saturated heterocycles. The quantitative estimate of drug-likeness (QED) is 0.598. The van der Waals surface area contributed by atoms with Gasteiger partial charge in [0.05, 0.1) is 12.3 Å². The minimum atomic E-state index is -0.703. The maximum atomic E-state index is 12.8. The van der Waals surface area contributed by atoms with Crippen LogP contribution >= 0.6 is 0 Å². The van der Waals surface area contributed by atoms with Crippen LogP contribution in [0.3, 0.4) is 0 Å². The highest BCUT2D eigenvalue weighted by Gasteiger charge is 2.25. The number of hydrogen-bond donors (Lipinski definition) is 2. The fourth-order valence-electron chi connectivity index (χ4n) is 2.95. The topological polar surface area (TPSA) is 85.2 Å². The molecule has 0 fully saturated rings. The molecule has 1 heterocycles. The van der Waals surface area contributed by atoms with Crippen LogP contribution in [0.25, 0.3) is 5.69 Å². The van der Waals surface area contributed by atoms with Crippen molar-refractivity contribution in [2.75, 3.05) is 11.9 Å². The van der Waals surface area contributed by atoms with Crippen molar-refractivity contribution in [1.29, 1.82) is 0 Å². The van der Waals surface area contributed by atoms with E-state index in [1.54, 1.807) is 41.2 Å². The summed E-state index contributed by atoms with van der Waals surface area (Å²) in [7, 11) is 0. The largest absolute Gasteiger partial charge is 0.494 e. The van der Waals surface area contributed by atoms with Crippen molar-refractivity contribution in [2.24, 2.45) is 5.92 Å². The van der Waals surface area contributed by atoms with E-state index >= 15 is 0 Å². The van der Waals surface area contributed by atoms with E-state index in [4.69, 9.17) is 4.74 Å². The molecule has 30 heavy (non-hydrogen) atoms. The zero-order chi connectivity index (χ0) is 21.5. The highest BCUT2D eigenvalue weighted by atomic mass is 16.5. The molecule has 2 amide bonds. The van der Waals surface area contributed by atoms with Crippen LogP contribution in [0.5, 0.6) is 5.75 Å². The van der Waals surface area contributed by atoms with Gasteiger partial charge < -0.3 is 15.4 Å². The molecule has 7 heteroatoms. The Morgan fingerprint density at radius 1 is 1.03 bits per heavy atom. The van der Waals surface area contributed by atoms with Crippen LogP contribution < -0.4 is 15.4 Å². The summed E-state index contributed by atoms with van der Waals surface area (Å²) in [6.07, 6.45) is 1.77. The van der Waals surface area contributed by atoms with Gasteiger partial charge in [0, 0.05) is 17.8 Å². The third-order valence-electron chi connectivity index (χ3n) is 4.52. The monoisotopic (exact) mass is 406 g/mol. The van der Waals surface area contributed by atoms with Gasteiger partial charge in [0.1, 0.15) is 11.8 Å². The summed E-state index contributed by atoms with van der Waals surface area (Å²) in [4.78, 5) is 25.4. The van der Waals surface area contributed by atoms with Crippen LogP contribution in [0.1, 0.15) is 31.1 Å². The van der Waals surface area contributed by atoms with Crippen LogP contribution in [0, 0.1) is 5.92 Å². The lowest BCUT2D eigenvalue weighted by Gasteiger charge is -2.21. The molecule has 156 valence electrons. The Labute approximate surface area is 176 Å². The maximum Gasteiger partial charge on any atom is 0.251 e. The van der Waals surface area contributed by atoms with Gasteiger partial charge in [-0.05, 0) is 49.2 Å². The van der Waals surface area contributed by atoms with Crippen molar-refractivity contribution in [3.63, 3.8) is 0 Å². The molecule has 3 rings (SSSR count). The number of para-hydroxylation sites is 1. The highest BCUT2D eigenvalue weighted by molar-refractivity contribution is 6.01. The van der Waals surface area contributed by atoms with Crippen LogP contribution in [0.2, 0.25) is 0 Å². The number of anilines is 1. The van der Waals surface area contributed by atoms with E-state index in [0.29, 0.717) is 23.7 Å². The van der Waals surface area contributed by atoms with Gasteiger partial charge in [0.25, 0.3) is 5.91 Å². The predicted octanol–water partition coefficient (Wildman–Crippen LogP) is 3.66. The first kappa shape index (κ1) is 21.1. The molecule has 1 unspecified atom stereocenters. The van der Waals surface area contributed by atoms with Crippen LogP contribution in [-0.4, -0.2) is 34.2 Å². The summed E-state index contributed by atoms with van der Waals surface area (Å²) >= 11 is 0. The summed E-state index contributed by atoms with van der Waals surface area (Å²) in [6, 6.07) is 17.4. The van der Waals surface area contributed by atoms with E-state index in [1.165, 1.54) is 0 Å². The Kier molecular flexibility index (Phi) is 6.85. The second kappa shape index (κ2) is 9.73. The van der Waals surface area contributed by atoms with Crippen molar-refractivity contribution < 1.29 is 14.3 Å². The van der Waals surface area contributed by atoms with Gasteiger partial charge in [-0.15, -0.1) is 0 Å². The Morgan fingerprint density at radius 2 is 1.73 bits per heavy atom. The molecular formula is C23H26N4O3. The summed E-state index contributed by atoms with van der Waals surface area (Å²) in [5.41, 5.74) is 1.35. The standard InChI is InChI=1S/C23H26N4O3/c1-4-30-19-12-10-17(11-13-19)22(28)25-21(16(2)3)23(29)24-20-14-15-27(26-20)18-8-6-5-7-9-18/h5-16,21H,4H2,1-3H3,(H,25,28)(H,24,26,29). The zero-order valence-corrected chi connectivity index (χ0v) is 17.3. The first-order valence-corrected chi connectivity index (χ1v) is 9.93. The number of aromatic nitrogens is 2. The van der Waals surface area contributed by atoms with Crippen molar-refractivity contribution in [3.8, 4) is 11.4 Å². The molecule has 0 aliphatic carbocycles. The number of carbonyl (C=O) groups excluding carboxylic acids is 2. The lowest BCUT2D eigenvalue weighted by molar-refractivity contribution is -0.118. The van der Waals surface area contributed by atoms with Gasteiger partial charge in [0.2, 0.25) is 5.91 Å².